The van der Waals surface area contributed by atoms with Crippen LogP contribution < -0.4 is 5.73 Å². The van der Waals surface area contributed by atoms with Gasteiger partial charge in [-0.3, -0.25) is 4.79 Å². The van der Waals surface area contributed by atoms with Gasteiger partial charge in [-0.25, -0.2) is 0 Å². The summed E-state index contributed by atoms with van der Waals surface area (Å²) in [7, 11) is 0. The van der Waals surface area contributed by atoms with Gasteiger partial charge < -0.3 is 10.8 Å². The molecule has 2 unspecified atom stereocenters. The summed E-state index contributed by atoms with van der Waals surface area (Å²) in [4.78, 5) is 11.0. The van der Waals surface area contributed by atoms with Gasteiger partial charge in [0, 0.05) is 6.54 Å². The van der Waals surface area contributed by atoms with Crippen LogP contribution in [-0.2, 0) is 11.2 Å². The SMILES string of the molecule is CCC(Cc1ccccc1)C(CN)C(=O)O. The van der Waals surface area contributed by atoms with Crippen LogP contribution in [0.3, 0.4) is 0 Å². The molecule has 0 aliphatic rings. The van der Waals surface area contributed by atoms with E-state index in [1.54, 1.807) is 0 Å². The van der Waals surface area contributed by atoms with Gasteiger partial charge in [-0.05, 0) is 17.9 Å². The zero-order chi connectivity index (χ0) is 12.0. The van der Waals surface area contributed by atoms with Crippen molar-refractivity contribution in [2.24, 2.45) is 17.6 Å². The summed E-state index contributed by atoms with van der Waals surface area (Å²) >= 11 is 0. The molecule has 1 aromatic rings. The molecule has 0 radical (unpaired) electrons. The first-order valence-electron chi connectivity index (χ1n) is 5.65. The number of carboxylic acid groups (broad SMARTS) is 1. The molecule has 0 bridgehead atoms. The van der Waals surface area contributed by atoms with E-state index in [-0.39, 0.29) is 12.5 Å². The number of aliphatic carboxylic acids is 1. The largest absolute Gasteiger partial charge is 0.481 e. The van der Waals surface area contributed by atoms with Gasteiger partial charge in [0.2, 0.25) is 0 Å². The highest BCUT2D eigenvalue weighted by Gasteiger charge is 2.25. The average Bonchev–Trinajstić information content (AvgIpc) is 2.29. The molecule has 0 heterocycles. The van der Waals surface area contributed by atoms with E-state index >= 15 is 0 Å². The summed E-state index contributed by atoms with van der Waals surface area (Å²) in [6.07, 6.45) is 1.62. The number of benzene rings is 1. The number of carboxylic acids is 1. The summed E-state index contributed by atoms with van der Waals surface area (Å²) in [6.45, 7) is 2.22. The maximum Gasteiger partial charge on any atom is 0.308 e. The van der Waals surface area contributed by atoms with E-state index in [4.69, 9.17) is 10.8 Å². The molecule has 0 spiro atoms. The van der Waals surface area contributed by atoms with Crippen molar-refractivity contribution in [1.29, 1.82) is 0 Å². The molecule has 3 nitrogen and oxygen atoms in total. The highest BCUT2D eigenvalue weighted by Crippen LogP contribution is 2.20. The van der Waals surface area contributed by atoms with Crippen LogP contribution in [0.25, 0.3) is 0 Å². The quantitative estimate of drug-likeness (QED) is 0.771. The van der Waals surface area contributed by atoms with E-state index in [1.165, 1.54) is 5.56 Å². The van der Waals surface area contributed by atoms with Crippen LogP contribution in [0.4, 0.5) is 0 Å². The van der Waals surface area contributed by atoms with Crippen molar-refractivity contribution in [1.82, 2.24) is 0 Å². The Balaban J connectivity index is 2.71. The fourth-order valence-electron chi connectivity index (χ4n) is 1.98. The molecule has 0 aromatic heterocycles. The van der Waals surface area contributed by atoms with Crippen LogP contribution in [0.15, 0.2) is 30.3 Å². The van der Waals surface area contributed by atoms with Crippen LogP contribution >= 0.6 is 0 Å². The monoisotopic (exact) mass is 221 g/mol. The van der Waals surface area contributed by atoms with E-state index in [2.05, 4.69) is 0 Å². The standard InChI is InChI=1S/C13H19NO2/c1-2-11(12(9-14)13(15)16)8-10-6-4-3-5-7-10/h3-7,11-12H,2,8-9,14H2,1H3,(H,15,16). The van der Waals surface area contributed by atoms with E-state index in [1.807, 2.05) is 37.3 Å². The van der Waals surface area contributed by atoms with Crippen molar-refractivity contribution in [2.45, 2.75) is 19.8 Å². The molecule has 2 atom stereocenters. The van der Waals surface area contributed by atoms with Gasteiger partial charge in [0.05, 0.1) is 5.92 Å². The number of rotatable bonds is 6. The van der Waals surface area contributed by atoms with E-state index in [9.17, 15) is 4.79 Å². The van der Waals surface area contributed by atoms with Crippen LogP contribution in [0.2, 0.25) is 0 Å². The highest BCUT2D eigenvalue weighted by molar-refractivity contribution is 5.70. The zero-order valence-electron chi connectivity index (χ0n) is 9.60. The van der Waals surface area contributed by atoms with Crippen molar-refractivity contribution in [3.05, 3.63) is 35.9 Å². The predicted octanol–water partition coefficient (Wildman–Crippen LogP) is 1.91. The third-order valence-electron chi connectivity index (χ3n) is 3.01. The number of nitrogens with two attached hydrogens (primary N) is 1. The Morgan fingerprint density at radius 1 is 1.38 bits per heavy atom. The third-order valence-corrected chi connectivity index (χ3v) is 3.01. The molecule has 0 saturated heterocycles. The van der Waals surface area contributed by atoms with Crippen molar-refractivity contribution < 1.29 is 9.90 Å². The maximum atomic E-state index is 11.0. The molecule has 0 fully saturated rings. The summed E-state index contributed by atoms with van der Waals surface area (Å²) in [5.74, 6) is -1.11. The first kappa shape index (κ1) is 12.7. The summed E-state index contributed by atoms with van der Waals surface area (Å²) < 4.78 is 0. The zero-order valence-corrected chi connectivity index (χ0v) is 9.60. The second-order valence-corrected chi connectivity index (χ2v) is 4.04. The lowest BCUT2D eigenvalue weighted by Gasteiger charge is -2.21. The summed E-state index contributed by atoms with van der Waals surface area (Å²) in [6, 6.07) is 9.96. The minimum absolute atomic E-state index is 0.116. The smallest absolute Gasteiger partial charge is 0.308 e. The lowest BCUT2D eigenvalue weighted by molar-refractivity contribution is -0.143. The number of hydrogen-bond donors (Lipinski definition) is 2. The number of hydrogen-bond acceptors (Lipinski definition) is 2. The fraction of sp³-hybridized carbons (Fsp3) is 0.462. The van der Waals surface area contributed by atoms with Gasteiger partial charge in [0.15, 0.2) is 0 Å². The van der Waals surface area contributed by atoms with E-state index < -0.39 is 11.9 Å². The molecule has 0 aliphatic heterocycles. The van der Waals surface area contributed by atoms with Gasteiger partial charge in [0.25, 0.3) is 0 Å². The molecule has 0 saturated carbocycles. The van der Waals surface area contributed by atoms with Crippen molar-refractivity contribution in [3.8, 4) is 0 Å². The predicted molar refractivity (Wildman–Crippen MR) is 64.1 cm³/mol. The first-order chi connectivity index (χ1) is 7.69. The van der Waals surface area contributed by atoms with E-state index in [0.29, 0.717) is 0 Å². The van der Waals surface area contributed by atoms with Crippen LogP contribution in [0, 0.1) is 11.8 Å². The maximum absolute atomic E-state index is 11.0. The fourth-order valence-corrected chi connectivity index (χ4v) is 1.98. The molecule has 88 valence electrons. The van der Waals surface area contributed by atoms with Crippen LogP contribution in [0.1, 0.15) is 18.9 Å². The minimum atomic E-state index is -0.787. The second-order valence-electron chi connectivity index (χ2n) is 4.04. The second kappa shape index (κ2) is 6.28. The lowest BCUT2D eigenvalue weighted by Crippen LogP contribution is -2.31. The minimum Gasteiger partial charge on any atom is -0.481 e. The average molecular weight is 221 g/mol. The Labute approximate surface area is 96.3 Å². The molecule has 1 aromatic carbocycles. The molecular weight excluding hydrogens is 202 g/mol. The Morgan fingerprint density at radius 2 is 2.00 bits per heavy atom. The van der Waals surface area contributed by atoms with Gasteiger partial charge in [-0.1, -0.05) is 43.7 Å². The molecule has 1 rings (SSSR count). The Hall–Kier alpha value is -1.35. The number of carbonyl (C=O) groups is 1. The Morgan fingerprint density at radius 3 is 2.44 bits per heavy atom. The normalized spacial score (nSPS) is 14.4. The Kier molecular flexibility index (Phi) is 4.99. The van der Waals surface area contributed by atoms with Crippen LogP contribution in [0.5, 0.6) is 0 Å². The van der Waals surface area contributed by atoms with Gasteiger partial charge in [0.1, 0.15) is 0 Å². The van der Waals surface area contributed by atoms with Crippen molar-refractivity contribution in [2.75, 3.05) is 6.54 Å². The Bertz CT molecular complexity index is 324. The highest BCUT2D eigenvalue weighted by atomic mass is 16.4. The molecule has 0 amide bonds. The van der Waals surface area contributed by atoms with Crippen molar-refractivity contribution in [3.63, 3.8) is 0 Å². The molecule has 0 aliphatic carbocycles. The van der Waals surface area contributed by atoms with Gasteiger partial charge >= 0.3 is 5.97 Å². The molecular formula is C13H19NO2. The van der Waals surface area contributed by atoms with Gasteiger partial charge in [-0.2, -0.15) is 0 Å². The molecule has 16 heavy (non-hydrogen) atoms. The lowest BCUT2D eigenvalue weighted by atomic mass is 9.85. The third kappa shape index (κ3) is 3.35. The van der Waals surface area contributed by atoms with Crippen LogP contribution in [-0.4, -0.2) is 17.6 Å². The van der Waals surface area contributed by atoms with Crippen molar-refractivity contribution >= 4 is 5.97 Å². The summed E-state index contributed by atoms with van der Waals surface area (Å²) in [5.41, 5.74) is 6.70. The van der Waals surface area contributed by atoms with Gasteiger partial charge in [-0.15, -0.1) is 0 Å². The summed E-state index contributed by atoms with van der Waals surface area (Å²) in [5, 5.41) is 9.07. The topological polar surface area (TPSA) is 63.3 Å². The molecule has 3 heteroatoms. The molecule has 3 N–H and O–H groups in total. The first-order valence-corrected chi connectivity index (χ1v) is 5.65. The van der Waals surface area contributed by atoms with E-state index in [0.717, 1.165) is 12.8 Å².